The maximum atomic E-state index is 12.5. The topological polar surface area (TPSA) is 101 Å². The van der Waals surface area contributed by atoms with E-state index in [1.807, 2.05) is 4.90 Å². The van der Waals surface area contributed by atoms with Gasteiger partial charge in [-0.1, -0.05) is 12.1 Å². The molecule has 1 saturated heterocycles. The fourth-order valence-corrected chi connectivity index (χ4v) is 3.33. The molecule has 0 saturated carbocycles. The van der Waals surface area contributed by atoms with Crippen LogP contribution < -0.4 is 16.9 Å². The van der Waals surface area contributed by atoms with Crippen molar-refractivity contribution in [2.45, 2.75) is 38.3 Å². The number of halogens is 1. The largest absolute Gasteiger partial charge is 0.338 e. The molecule has 0 radical (unpaired) electrons. The first kappa shape index (κ1) is 19.2. The molecule has 1 aliphatic rings. The quantitative estimate of drug-likeness (QED) is 0.837. The van der Waals surface area contributed by atoms with Gasteiger partial charge in [-0.2, -0.15) is 0 Å². The zero-order valence-corrected chi connectivity index (χ0v) is 14.8. The standard InChI is InChI=1S/C17H22N4O3.ClH/c18-11-12-5-3-4-9-20(12)15(22)8-10-21-17(24)14-7-2-1-6-13(14)16(23)19-21;/h1-2,6-7,12H,3-5,8-11,18H2,(H,19,23);1H. The fraction of sp³-hybridized carbons (Fsp3) is 0.471. The van der Waals surface area contributed by atoms with Gasteiger partial charge in [0.2, 0.25) is 5.91 Å². The molecule has 1 atom stereocenters. The van der Waals surface area contributed by atoms with Crippen LogP contribution in [0.5, 0.6) is 0 Å². The van der Waals surface area contributed by atoms with Crippen LogP contribution >= 0.6 is 12.4 Å². The molecule has 1 amide bonds. The smallest absolute Gasteiger partial charge is 0.273 e. The first-order valence-electron chi connectivity index (χ1n) is 8.33. The summed E-state index contributed by atoms with van der Waals surface area (Å²) in [5.74, 6) is -0.0222. The molecule has 1 aromatic carbocycles. The van der Waals surface area contributed by atoms with E-state index >= 15 is 0 Å². The van der Waals surface area contributed by atoms with Crippen LogP contribution in [-0.2, 0) is 11.3 Å². The normalized spacial score (nSPS) is 17.3. The molecule has 0 spiro atoms. The number of likely N-dealkylation sites (tertiary alicyclic amines) is 1. The number of aryl methyl sites for hydroxylation is 1. The number of carbonyl (C=O) groups excluding carboxylic acids is 1. The highest BCUT2D eigenvalue weighted by atomic mass is 35.5. The van der Waals surface area contributed by atoms with Gasteiger partial charge in [-0.25, -0.2) is 4.68 Å². The van der Waals surface area contributed by atoms with Gasteiger partial charge in [0.1, 0.15) is 0 Å². The van der Waals surface area contributed by atoms with Crippen LogP contribution in [0.2, 0.25) is 0 Å². The van der Waals surface area contributed by atoms with Gasteiger partial charge in [0, 0.05) is 25.6 Å². The Morgan fingerprint density at radius 2 is 1.92 bits per heavy atom. The molecule has 2 heterocycles. The Morgan fingerprint density at radius 1 is 1.20 bits per heavy atom. The first-order valence-corrected chi connectivity index (χ1v) is 8.33. The number of H-pyrrole nitrogens is 1. The Kier molecular flexibility index (Phi) is 6.39. The molecule has 3 rings (SSSR count). The third-order valence-electron chi connectivity index (χ3n) is 4.65. The molecule has 1 aromatic heterocycles. The third kappa shape index (κ3) is 3.93. The van der Waals surface area contributed by atoms with Crippen molar-refractivity contribution in [3.63, 3.8) is 0 Å². The molecule has 25 heavy (non-hydrogen) atoms. The number of nitrogens with zero attached hydrogens (tertiary/aromatic N) is 2. The number of carbonyl (C=O) groups is 1. The predicted octanol–water partition coefficient (Wildman–Crippen LogP) is 0.841. The maximum Gasteiger partial charge on any atom is 0.273 e. The van der Waals surface area contributed by atoms with Crippen molar-refractivity contribution in [3.05, 3.63) is 45.0 Å². The number of piperidine rings is 1. The van der Waals surface area contributed by atoms with Crippen molar-refractivity contribution in [1.29, 1.82) is 0 Å². The Bertz CT molecular complexity index is 861. The number of benzene rings is 1. The number of rotatable bonds is 4. The average Bonchev–Trinajstić information content (AvgIpc) is 2.63. The minimum atomic E-state index is -0.324. The molecule has 0 bridgehead atoms. The summed E-state index contributed by atoms with van der Waals surface area (Å²) in [6, 6.07) is 6.76. The maximum absolute atomic E-state index is 12.5. The van der Waals surface area contributed by atoms with Gasteiger partial charge in [0.05, 0.1) is 17.3 Å². The molecular formula is C17H23ClN4O3. The lowest BCUT2D eigenvalue weighted by Gasteiger charge is -2.35. The summed E-state index contributed by atoms with van der Waals surface area (Å²) in [6.07, 6.45) is 3.16. The lowest BCUT2D eigenvalue weighted by atomic mass is 10.0. The van der Waals surface area contributed by atoms with Crippen molar-refractivity contribution in [2.24, 2.45) is 5.73 Å². The lowest BCUT2D eigenvalue weighted by molar-refractivity contribution is -0.134. The van der Waals surface area contributed by atoms with Gasteiger partial charge in [-0.3, -0.25) is 19.5 Å². The number of aromatic amines is 1. The number of nitrogens with one attached hydrogen (secondary N) is 1. The fourth-order valence-electron chi connectivity index (χ4n) is 3.33. The lowest BCUT2D eigenvalue weighted by Crippen LogP contribution is -2.47. The van der Waals surface area contributed by atoms with E-state index in [0.29, 0.717) is 23.9 Å². The van der Waals surface area contributed by atoms with Crippen LogP contribution in [0.1, 0.15) is 25.7 Å². The molecule has 7 nitrogen and oxygen atoms in total. The second kappa shape index (κ2) is 8.31. The van der Waals surface area contributed by atoms with Crippen LogP contribution in [0.3, 0.4) is 0 Å². The predicted molar refractivity (Wildman–Crippen MR) is 99.1 cm³/mol. The summed E-state index contributed by atoms with van der Waals surface area (Å²) in [7, 11) is 0. The van der Waals surface area contributed by atoms with Gasteiger partial charge in [0.25, 0.3) is 11.1 Å². The Labute approximate surface area is 151 Å². The number of nitrogens with two attached hydrogens (primary N) is 1. The SMILES string of the molecule is Cl.NCC1CCCCN1C(=O)CCn1[nH]c(=O)c2ccccc2c1=O. The van der Waals surface area contributed by atoms with Gasteiger partial charge in [0.15, 0.2) is 0 Å². The van der Waals surface area contributed by atoms with Crippen molar-refractivity contribution in [1.82, 2.24) is 14.7 Å². The van der Waals surface area contributed by atoms with E-state index in [1.54, 1.807) is 24.3 Å². The molecule has 0 aliphatic carbocycles. The summed E-state index contributed by atoms with van der Waals surface area (Å²) in [6.45, 7) is 1.33. The number of hydrogen-bond acceptors (Lipinski definition) is 4. The van der Waals surface area contributed by atoms with Crippen LogP contribution in [-0.4, -0.2) is 39.7 Å². The van der Waals surface area contributed by atoms with Gasteiger partial charge in [-0.15, -0.1) is 12.4 Å². The first-order chi connectivity index (χ1) is 11.6. The Morgan fingerprint density at radius 3 is 2.64 bits per heavy atom. The highest BCUT2D eigenvalue weighted by Gasteiger charge is 2.25. The van der Waals surface area contributed by atoms with E-state index in [2.05, 4.69) is 5.10 Å². The van der Waals surface area contributed by atoms with Crippen LogP contribution in [0.15, 0.2) is 33.9 Å². The molecule has 8 heteroatoms. The minimum Gasteiger partial charge on any atom is -0.338 e. The van der Waals surface area contributed by atoms with Crippen molar-refractivity contribution in [2.75, 3.05) is 13.1 Å². The van der Waals surface area contributed by atoms with E-state index in [9.17, 15) is 14.4 Å². The van der Waals surface area contributed by atoms with E-state index < -0.39 is 0 Å². The average molecular weight is 367 g/mol. The van der Waals surface area contributed by atoms with Crippen LogP contribution in [0, 0.1) is 0 Å². The Hall–Kier alpha value is -2.12. The Balaban J connectivity index is 0.00000225. The molecule has 1 fully saturated rings. The summed E-state index contributed by atoms with van der Waals surface area (Å²) in [4.78, 5) is 38.8. The van der Waals surface area contributed by atoms with Crippen molar-refractivity contribution >= 4 is 29.1 Å². The number of amides is 1. The molecule has 1 aliphatic heterocycles. The second-order valence-electron chi connectivity index (χ2n) is 6.17. The van der Waals surface area contributed by atoms with E-state index in [-0.39, 0.29) is 48.4 Å². The minimum absolute atomic E-state index is 0. The van der Waals surface area contributed by atoms with Gasteiger partial charge < -0.3 is 10.6 Å². The monoisotopic (exact) mass is 366 g/mol. The van der Waals surface area contributed by atoms with Gasteiger partial charge in [-0.05, 0) is 31.4 Å². The summed E-state index contributed by atoms with van der Waals surface area (Å²) in [5.41, 5.74) is 5.14. The highest BCUT2D eigenvalue weighted by molar-refractivity contribution is 5.85. The third-order valence-corrected chi connectivity index (χ3v) is 4.65. The number of hydrogen-bond donors (Lipinski definition) is 2. The van der Waals surface area contributed by atoms with Crippen molar-refractivity contribution in [3.8, 4) is 0 Å². The second-order valence-corrected chi connectivity index (χ2v) is 6.17. The summed E-state index contributed by atoms with van der Waals surface area (Å²) >= 11 is 0. The molecule has 3 N–H and O–H groups in total. The highest BCUT2D eigenvalue weighted by Crippen LogP contribution is 2.17. The summed E-state index contributed by atoms with van der Waals surface area (Å²) < 4.78 is 1.23. The van der Waals surface area contributed by atoms with E-state index in [1.165, 1.54) is 4.68 Å². The zero-order valence-electron chi connectivity index (χ0n) is 13.9. The molecule has 1 unspecified atom stereocenters. The number of aromatic nitrogens is 2. The molecular weight excluding hydrogens is 344 g/mol. The van der Waals surface area contributed by atoms with Gasteiger partial charge >= 0.3 is 0 Å². The van der Waals surface area contributed by atoms with Crippen LogP contribution in [0.4, 0.5) is 0 Å². The molecule has 2 aromatic rings. The van der Waals surface area contributed by atoms with Crippen LogP contribution in [0.25, 0.3) is 10.8 Å². The van der Waals surface area contributed by atoms with E-state index in [4.69, 9.17) is 5.73 Å². The van der Waals surface area contributed by atoms with Crippen molar-refractivity contribution < 1.29 is 4.79 Å². The molecule has 136 valence electrons. The number of fused-ring (bicyclic) bond motifs is 1. The van der Waals surface area contributed by atoms with E-state index in [0.717, 1.165) is 19.3 Å². The zero-order chi connectivity index (χ0) is 17.1. The summed E-state index contributed by atoms with van der Waals surface area (Å²) in [5, 5.41) is 3.29.